The van der Waals surface area contributed by atoms with Gasteiger partial charge in [-0.1, -0.05) is 29.8 Å². The van der Waals surface area contributed by atoms with Crippen molar-refractivity contribution in [3.8, 4) is 0 Å². The summed E-state index contributed by atoms with van der Waals surface area (Å²) in [5, 5.41) is 10.6. The maximum atomic E-state index is 13.8. The van der Waals surface area contributed by atoms with Gasteiger partial charge in [-0.15, -0.1) is 11.3 Å². The SMILES string of the molecule is Cc1c(Br)sc2c1c(=O)n(C(C)(C)C(=O)O)c(=O)n2CC(OC1CCOCC1)c1ccccc1Cl. The summed E-state index contributed by atoms with van der Waals surface area (Å²) in [5.74, 6) is -1.28. The Hall–Kier alpha value is -1.98. The lowest BCUT2D eigenvalue weighted by atomic mass is 10.1. The molecule has 188 valence electrons. The van der Waals surface area contributed by atoms with Crippen LogP contribution in [-0.2, 0) is 26.4 Å². The summed E-state index contributed by atoms with van der Waals surface area (Å²) >= 11 is 11.3. The van der Waals surface area contributed by atoms with Gasteiger partial charge in [-0.25, -0.2) is 14.2 Å². The molecule has 0 saturated carbocycles. The smallest absolute Gasteiger partial charge is 0.333 e. The third-order valence-electron chi connectivity index (χ3n) is 6.36. The number of ether oxygens (including phenoxy) is 2. The highest BCUT2D eigenvalue weighted by atomic mass is 79.9. The van der Waals surface area contributed by atoms with E-state index in [2.05, 4.69) is 15.9 Å². The normalized spacial score (nSPS) is 16.0. The van der Waals surface area contributed by atoms with Crippen LogP contribution in [0.5, 0.6) is 0 Å². The number of hydrogen-bond acceptors (Lipinski definition) is 6. The van der Waals surface area contributed by atoms with E-state index in [1.54, 1.807) is 13.0 Å². The highest BCUT2D eigenvalue weighted by Crippen LogP contribution is 2.35. The number of benzene rings is 1. The maximum Gasteiger partial charge on any atom is 0.333 e. The molecule has 1 unspecified atom stereocenters. The topological polar surface area (TPSA) is 99.8 Å². The van der Waals surface area contributed by atoms with Gasteiger partial charge < -0.3 is 14.6 Å². The molecule has 4 rings (SSSR count). The molecule has 2 aromatic heterocycles. The van der Waals surface area contributed by atoms with Crippen molar-refractivity contribution in [1.29, 1.82) is 0 Å². The minimum absolute atomic E-state index is 0.0544. The summed E-state index contributed by atoms with van der Waals surface area (Å²) < 4.78 is 14.9. The van der Waals surface area contributed by atoms with Crippen LogP contribution in [0.25, 0.3) is 10.2 Å². The summed E-state index contributed by atoms with van der Waals surface area (Å²) in [6, 6.07) is 7.27. The molecule has 1 aliphatic rings. The van der Waals surface area contributed by atoms with Crippen molar-refractivity contribution in [3.05, 3.63) is 65.0 Å². The third kappa shape index (κ3) is 4.86. The van der Waals surface area contributed by atoms with E-state index in [0.717, 1.165) is 4.57 Å². The second-order valence-electron chi connectivity index (χ2n) is 9.04. The van der Waals surface area contributed by atoms with Gasteiger partial charge in [0.15, 0.2) is 0 Å². The Kier molecular flexibility index (Phi) is 7.59. The van der Waals surface area contributed by atoms with E-state index >= 15 is 0 Å². The van der Waals surface area contributed by atoms with E-state index in [1.165, 1.54) is 29.8 Å². The molecule has 0 bridgehead atoms. The first-order valence-electron chi connectivity index (χ1n) is 11.2. The lowest BCUT2D eigenvalue weighted by Gasteiger charge is -2.30. The van der Waals surface area contributed by atoms with Crippen molar-refractivity contribution in [1.82, 2.24) is 9.13 Å². The largest absolute Gasteiger partial charge is 0.480 e. The van der Waals surface area contributed by atoms with Crippen molar-refractivity contribution < 1.29 is 19.4 Å². The van der Waals surface area contributed by atoms with Gasteiger partial charge in [-0.05, 0) is 61.2 Å². The summed E-state index contributed by atoms with van der Waals surface area (Å²) in [7, 11) is 0. The Bertz CT molecular complexity index is 1390. The Labute approximate surface area is 219 Å². The third-order valence-corrected chi connectivity index (χ3v) is 8.89. The zero-order valence-corrected chi connectivity index (χ0v) is 22.7. The van der Waals surface area contributed by atoms with Gasteiger partial charge in [-0.3, -0.25) is 9.36 Å². The fourth-order valence-electron chi connectivity index (χ4n) is 4.23. The fourth-order valence-corrected chi connectivity index (χ4v) is 6.18. The van der Waals surface area contributed by atoms with Crippen LogP contribution in [0.2, 0.25) is 5.02 Å². The van der Waals surface area contributed by atoms with Crippen LogP contribution in [0.4, 0.5) is 0 Å². The number of carbonyl (C=O) groups is 1. The fraction of sp³-hybridized carbons (Fsp3) is 0.458. The molecule has 1 N–H and O–H groups in total. The van der Waals surface area contributed by atoms with Crippen molar-refractivity contribution in [2.45, 2.75) is 57.9 Å². The zero-order chi connectivity index (χ0) is 25.5. The molecule has 1 atom stereocenters. The number of thiophene rings is 1. The molecule has 35 heavy (non-hydrogen) atoms. The Morgan fingerprint density at radius 3 is 2.60 bits per heavy atom. The number of aryl methyl sites for hydroxylation is 1. The molecule has 0 spiro atoms. The van der Waals surface area contributed by atoms with E-state index in [4.69, 9.17) is 21.1 Å². The molecule has 8 nitrogen and oxygen atoms in total. The van der Waals surface area contributed by atoms with Gasteiger partial charge in [-0.2, -0.15) is 0 Å². The maximum absolute atomic E-state index is 13.8. The molecular formula is C24H26BrClN2O6S. The van der Waals surface area contributed by atoms with Crippen molar-refractivity contribution >= 4 is 55.1 Å². The zero-order valence-electron chi connectivity index (χ0n) is 19.5. The van der Waals surface area contributed by atoms with E-state index in [0.29, 0.717) is 56.2 Å². The van der Waals surface area contributed by atoms with Crippen molar-refractivity contribution in [2.24, 2.45) is 0 Å². The van der Waals surface area contributed by atoms with Gasteiger partial charge in [0.2, 0.25) is 0 Å². The quantitative estimate of drug-likeness (QED) is 0.431. The van der Waals surface area contributed by atoms with Gasteiger partial charge >= 0.3 is 11.7 Å². The molecule has 1 aromatic carbocycles. The summed E-state index contributed by atoms with van der Waals surface area (Å²) in [6.45, 7) is 5.67. The number of hydrogen-bond donors (Lipinski definition) is 1. The molecule has 3 aromatic rings. The number of halogens is 2. The van der Waals surface area contributed by atoms with Crippen LogP contribution < -0.4 is 11.2 Å². The van der Waals surface area contributed by atoms with E-state index in [9.17, 15) is 19.5 Å². The van der Waals surface area contributed by atoms with Crippen molar-refractivity contribution in [2.75, 3.05) is 13.2 Å². The molecule has 0 radical (unpaired) electrons. The van der Waals surface area contributed by atoms with Crippen LogP contribution >= 0.6 is 38.9 Å². The molecule has 0 amide bonds. The lowest BCUT2D eigenvalue weighted by Crippen LogP contribution is -2.52. The second kappa shape index (κ2) is 10.2. The minimum Gasteiger partial charge on any atom is -0.480 e. The summed E-state index contributed by atoms with van der Waals surface area (Å²) in [5.41, 5.74) is -1.74. The lowest BCUT2D eigenvalue weighted by molar-refractivity contribution is -0.146. The predicted molar refractivity (Wildman–Crippen MR) is 139 cm³/mol. The predicted octanol–water partition coefficient (Wildman–Crippen LogP) is 4.71. The highest BCUT2D eigenvalue weighted by molar-refractivity contribution is 9.11. The van der Waals surface area contributed by atoms with Gasteiger partial charge in [0, 0.05) is 23.8 Å². The number of fused-ring (bicyclic) bond motifs is 1. The van der Waals surface area contributed by atoms with Crippen LogP contribution in [0.3, 0.4) is 0 Å². The van der Waals surface area contributed by atoms with Crippen LogP contribution in [-0.4, -0.2) is 39.5 Å². The number of aromatic nitrogens is 2. The number of rotatable bonds is 7. The first-order chi connectivity index (χ1) is 16.5. The monoisotopic (exact) mass is 584 g/mol. The number of nitrogens with zero attached hydrogens (tertiary/aromatic N) is 2. The number of carboxylic acid groups (broad SMARTS) is 1. The Morgan fingerprint density at radius 1 is 1.31 bits per heavy atom. The highest BCUT2D eigenvalue weighted by Gasteiger charge is 2.36. The summed E-state index contributed by atoms with van der Waals surface area (Å²) in [6.07, 6.45) is 0.725. The number of carboxylic acids is 1. The van der Waals surface area contributed by atoms with E-state index in [1.807, 2.05) is 18.2 Å². The standard InChI is InChI=1S/C24H26BrClN2O6S/c1-13-18-20(29)28(24(2,3)22(30)31)23(32)27(21(18)35-19(13)25)12-17(15-6-4-5-7-16(15)26)34-14-8-10-33-11-9-14/h4-7,14,17H,8-12H2,1-3H3,(H,30,31). The molecule has 0 aliphatic carbocycles. The van der Waals surface area contributed by atoms with Gasteiger partial charge in [0.25, 0.3) is 5.56 Å². The van der Waals surface area contributed by atoms with Crippen LogP contribution in [0.15, 0.2) is 37.6 Å². The van der Waals surface area contributed by atoms with Gasteiger partial charge in [0.1, 0.15) is 16.5 Å². The molecule has 11 heteroatoms. The minimum atomic E-state index is -1.76. The number of aliphatic carboxylic acids is 1. The second-order valence-corrected chi connectivity index (χ2v) is 11.8. The van der Waals surface area contributed by atoms with Gasteiger partial charge in [0.05, 0.1) is 21.8 Å². The van der Waals surface area contributed by atoms with E-state index in [-0.39, 0.29) is 12.6 Å². The average Bonchev–Trinajstić information content (AvgIpc) is 3.11. The molecule has 1 saturated heterocycles. The summed E-state index contributed by atoms with van der Waals surface area (Å²) in [4.78, 5) is 39.7. The van der Waals surface area contributed by atoms with Crippen molar-refractivity contribution in [3.63, 3.8) is 0 Å². The average molecular weight is 586 g/mol. The first-order valence-corrected chi connectivity index (χ1v) is 13.2. The van der Waals surface area contributed by atoms with Crippen LogP contribution in [0.1, 0.15) is 43.9 Å². The molecule has 1 aliphatic heterocycles. The molecule has 1 fully saturated rings. The Morgan fingerprint density at radius 2 is 1.97 bits per heavy atom. The Balaban J connectivity index is 1.93. The molecule has 3 heterocycles. The van der Waals surface area contributed by atoms with E-state index < -0.39 is 28.9 Å². The van der Waals surface area contributed by atoms with Crippen LogP contribution in [0, 0.1) is 6.92 Å². The first kappa shape index (κ1) is 26.1. The molecular weight excluding hydrogens is 560 g/mol.